The molecule has 0 aliphatic heterocycles. The third kappa shape index (κ3) is 6.89. The maximum Gasteiger partial charge on any atom is 0.411 e. The maximum atomic E-state index is 13.4. The second-order valence-corrected chi connectivity index (χ2v) is 11.9. The molecule has 0 fully saturated rings. The van der Waals surface area contributed by atoms with Gasteiger partial charge in [0, 0.05) is 5.41 Å². The number of halogens is 1. The van der Waals surface area contributed by atoms with Crippen molar-refractivity contribution in [2.75, 3.05) is 12.4 Å². The predicted octanol–water partition coefficient (Wildman–Crippen LogP) is 3.90. The predicted molar refractivity (Wildman–Crippen MR) is 152 cm³/mol. The Balaban J connectivity index is 1.89. The highest BCUT2D eigenvalue weighted by Crippen LogP contribution is 2.31. The first-order chi connectivity index (χ1) is 19.5. The third-order valence-corrected chi connectivity index (χ3v) is 6.74. The van der Waals surface area contributed by atoms with Gasteiger partial charge >= 0.3 is 6.09 Å². The zero-order chi connectivity index (χ0) is 31.6. The number of carbonyl (C=O) groups is 3. The minimum atomic E-state index is -1.06. The Morgan fingerprint density at radius 1 is 1.07 bits per heavy atom. The van der Waals surface area contributed by atoms with Crippen LogP contribution in [-0.2, 0) is 26.9 Å². The van der Waals surface area contributed by atoms with Crippen molar-refractivity contribution >= 4 is 23.5 Å². The molecule has 3 rings (SSSR count). The van der Waals surface area contributed by atoms with E-state index in [1.54, 1.807) is 46.8 Å². The van der Waals surface area contributed by atoms with Crippen LogP contribution >= 0.6 is 0 Å². The Morgan fingerprint density at radius 2 is 1.69 bits per heavy atom. The van der Waals surface area contributed by atoms with E-state index >= 15 is 0 Å². The van der Waals surface area contributed by atoms with E-state index in [2.05, 4.69) is 30.6 Å². The zero-order valence-corrected chi connectivity index (χ0v) is 25.3. The topological polar surface area (TPSA) is 158 Å². The lowest BCUT2D eigenvalue weighted by atomic mass is 9.84. The molecule has 0 saturated carbocycles. The number of nitrogens with zero attached hydrogens (tertiary/aromatic N) is 4. The van der Waals surface area contributed by atoms with Gasteiger partial charge in [0.1, 0.15) is 23.9 Å². The highest BCUT2D eigenvalue weighted by atomic mass is 19.1. The van der Waals surface area contributed by atoms with Gasteiger partial charge in [-0.2, -0.15) is 0 Å². The lowest BCUT2D eigenvalue weighted by Crippen LogP contribution is -2.47. The Kier molecular flexibility index (Phi) is 9.33. The van der Waals surface area contributed by atoms with Gasteiger partial charge in [-0.15, -0.1) is 10.2 Å². The molecule has 1 aromatic carbocycles. The second-order valence-electron chi connectivity index (χ2n) is 11.9. The lowest BCUT2D eigenvalue weighted by molar-refractivity contribution is -0.122. The average Bonchev–Trinajstić information content (AvgIpc) is 3.41. The number of hydrogen-bond acceptors (Lipinski definition) is 9. The summed E-state index contributed by atoms with van der Waals surface area (Å²) >= 11 is 0. The SMILES string of the molecule is COC(=O)Nc1c(C)nc(C(C)(C)C)n(CC(=O)N[C@H](C(=O)c2nnc(C(C)(C)c3ccc(F)cc3)o2)C(C)C)c1=O. The van der Waals surface area contributed by atoms with Gasteiger partial charge in [0.25, 0.3) is 11.4 Å². The van der Waals surface area contributed by atoms with Crippen molar-refractivity contribution in [3.05, 3.63) is 69.3 Å². The van der Waals surface area contributed by atoms with E-state index in [1.807, 2.05) is 20.8 Å². The fraction of sp³-hybridized carbons (Fsp3) is 0.483. The summed E-state index contributed by atoms with van der Waals surface area (Å²) in [6, 6.07) is 4.77. The number of aryl methyl sites for hydroxylation is 1. The minimum Gasteiger partial charge on any atom is -0.453 e. The third-order valence-electron chi connectivity index (χ3n) is 6.74. The monoisotopic (exact) mass is 584 g/mol. The van der Waals surface area contributed by atoms with Crippen LogP contribution in [-0.4, -0.2) is 50.7 Å². The van der Waals surface area contributed by atoms with Crippen LogP contribution < -0.4 is 16.2 Å². The maximum absolute atomic E-state index is 13.4. The molecule has 0 aliphatic carbocycles. The second kappa shape index (κ2) is 12.2. The first-order valence-corrected chi connectivity index (χ1v) is 13.4. The number of carbonyl (C=O) groups excluding carboxylic acids is 3. The van der Waals surface area contributed by atoms with Crippen molar-refractivity contribution in [2.45, 2.75) is 78.8 Å². The van der Waals surface area contributed by atoms with E-state index < -0.39 is 46.8 Å². The molecule has 0 bridgehead atoms. The van der Waals surface area contributed by atoms with Crippen LogP contribution in [0.25, 0.3) is 0 Å². The summed E-state index contributed by atoms with van der Waals surface area (Å²) < 4.78 is 24.9. The molecule has 2 amide bonds. The molecule has 2 aromatic heterocycles. The van der Waals surface area contributed by atoms with Gasteiger partial charge < -0.3 is 14.5 Å². The molecular formula is C29H37FN6O6. The van der Waals surface area contributed by atoms with Crippen molar-refractivity contribution in [1.29, 1.82) is 0 Å². The quantitative estimate of drug-likeness (QED) is 0.356. The highest BCUT2D eigenvalue weighted by Gasteiger charge is 2.34. The highest BCUT2D eigenvalue weighted by molar-refractivity contribution is 5.98. The summed E-state index contributed by atoms with van der Waals surface area (Å²) in [6.07, 6.45) is -0.858. The molecule has 1 atom stereocenters. The number of anilines is 1. The molecule has 226 valence electrons. The van der Waals surface area contributed by atoms with E-state index in [4.69, 9.17) is 4.42 Å². The molecule has 0 aliphatic rings. The van der Waals surface area contributed by atoms with Crippen LogP contribution in [0, 0.1) is 18.7 Å². The van der Waals surface area contributed by atoms with Crippen LogP contribution in [0.2, 0.25) is 0 Å². The van der Waals surface area contributed by atoms with Crippen molar-refractivity contribution in [3.8, 4) is 0 Å². The summed E-state index contributed by atoms with van der Waals surface area (Å²) in [5.41, 5.74) is -1.27. The van der Waals surface area contributed by atoms with Gasteiger partial charge in [-0.25, -0.2) is 14.2 Å². The van der Waals surface area contributed by atoms with Crippen LogP contribution in [0.3, 0.4) is 0 Å². The molecule has 42 heavy (non-hydrogen) atoms. The number of ether oxygens (including phenoxy) is 1. The summed E-state index contributed by atoms with van der Waals surface area (Å²) in [4.78, 5) is 56.4. The first-order valence-electron chi connectivity index (χ1n) is 13.4. The first kappa shape index (κ1) is 32.1. The molecule has 12 nitrogen and oxygen atoms in total. The van der Waals surface area contributed by atoms with Crippen LogP contribution in [0.4, 0.5) is 14.9 Å². The van der Waals surface area contributed by atoms with Gasteiger partial charge in [-0.1, -0.05) is 46.8 Å². The number of ketones is 1. The fourth-order valence-electron chi connectivity index (χ4n) is 4.27. The molecule has 13 heteroatoms. The molecule has 0 radical (unpaired) electrons. The van der Waals surface area contributed by atoms with E-state index in [0.29, 0.717) is 11.4 Å². The molecule has 0 saturated heterocycles. The number of rotatable bonds is 9. The number of nitrogens with one attached hydrogen (secondary N) is 2. The Labute approximate surface area is 243 Å². The van der Waals surface area contributed by atoms with E-state index in [0.717, 1.165) is 11.7 Å². The number of Topliss-reactive ketones (excluding diaryl/α,β-unsaturated/α-hetero) is 1. The fourth-order valence-corrected chi connectivity index (χ4v) is 4.27. The average molecular weight is 585 g/mol. The van der Waals surface area contributed by atoms with Crippen LogP contribution in [0.5, 0.6) is 0 Å². The normalized spacial score (nSPS) is 12.6. The largest absolute Gasteiger partial charge is 0.453 e. The van der Waals surface area contributed by atoms with Crippen molar-refractivity contribution in [1.82, 2.24) is 25.1 Å². The zero-order valence-electron chi connectivity index (χ0n) is 25.3. The smallest absolute Gasteiger partial charge is 0.411 e. The van der Waals surface area contributed by atoms with Gasteiger partial charge in [0.2, 0.25) is 17.6 Å². The summed E-state index contributed by atoms with van der Waals surface area (Å²) in [6.45, 7) is 13.7. The minimum absolute atomic E-state index is 0.124. The van der Waals surface area contributed by atoms with E-state index in [-0.39, 0.29) is 34.9 Å². The van der Waals surface area contributed by atoms with Crippen LogP contribution in [0.15, 0.2) is 33.5 Å². The van der Waals surface area contributed by atoms with Crippen LogP contribution in [0.1, 0.15) is 82.1 Å². The van der Waals surface area contributed by atoms with Gasteiger partial charge in [0.15, 0.2) is 0 Å². The van der Waals surface area contributed by atoms with Gasteiger partial charge in [-0.05, 0) is 44.4 Å². The lowest BCUT2D eigenvalue weighted by Gasteiger charge is -2.25. The van der Waals surface area contributed by atoms with E-state index in [1.165, 1.54) is 12.1 Å². The standard InChI is InChI=1S/C29H37FN6O6/c1-15(2)20(22(38)23-34-35-26(42-23)29(7,8)17-10-12-18(30)13-11-17)32-19(37)14-36-24(39)21(33-27(40)41-9)16(3)31-25(36)28(4,5)6/h10-13,15,20H,14H2,1-9H3,(H,32,37)(H,33,40)/t20-/m0/s1. The van der Waals surface area contributed by atoms with Crippen molar-refractivity contribution < 1.29 is 27.9 Å². The summed E-state index contributed by atoms with van der Waals surface area (Å²) in [5, 5.41) is 13.0. The molecule has 2 N–H and O–H groups in total. The van der Waals surface area contributed by atoms with Crippen molar-refractivity contribution in [3.63, 3.8) is 0 Å². The molecule has 0 unspecified atom stereocenters. The number of hydrogen-bond donors (Lipinski definition) is 2. The Bertz CT molecular complexity index is 1540. The summed E-state index contributed by atoms with van der Waals surface area (Å²) in [5.74, 6) is -1.86. The number of amides is 2. The number of benzene rings is 1. The summed E-state index contributed by atoms with van der Waals surface area (Å²) in [7, 11) is 1.16. The Hall–Kier alpha value is -4.42. The molecular weight excluding hydrogens is 547 g/mol. The van der Waals surface area contributed by atoms with Gasteiger partial charge in [0.05, 0.1) is 24.3 Å². The molecule has 0 spiro atoms. The number of methoxy groups -OCH3 is 1. The number of aromatic nitrogens is 4. The molecule has 3 aromatic rings. The van der Waals surface area contributed by atoms with E-state index in [9.17, 15) is 23.6 Å². The molecule has 2 heterocycles. The van der Waals surface area contributed by atoms with Gasteiger partial charge in [-0.3, -0.25) is 24.3 Å². The Morgan fingerprint density at radius 3 is 2.24 bits per heavy atom. The van der Waals surface area contributed by atoms with Crippen molar-refractivity contribution in [2.24, 2.45) is 5.92 Å².